The molecule has 5 atom stereocenters. The molecule has 0 saturated carbocycles. The number of carboxylic acids is 1. The van der Waals surface area contributed by atoms with Crippen LogP contribution in [0.3, 0.4) is 0 Å². The van der Waals surface area contributed by atoms with Gasteiger partial charge in [0.15, 0.2) is 0 Å². The molecule has 0 aliphatic carbocycles. The average Bonchev–Trinajstić information content (AvgIpc) is 2.72. The Balaban J connectivity index is 3.00. The Hall–Kier alpha value is -3.18. The number of hydrogen-bond acceptors (Lipinski definition) is 7. The lowest BCUT2D eigenvalue weighted by atomic mass is 10.0. The predicted molar refractivity (Wildman–Crippen MR) is 120 cm³/mol. The molecule has 0 heterocycles. The second-order valence-corrected chi connectivity index (χ2v) is 8.46. The molecule has 0 spiro atoms. The van der Waals surface area contributed by atoms with E-state index in [1.807, 2.05) is 13.8 Å². The molecule has 0 aliphatic rings. The molecule has 0 radical (unpaired) electrons. The van der Waals surface area contributed by atoms with Crippen LogP contribution in [0.4, 0.5) is 0 Å². The minimum Gasteiger partial charge on any atom is -0.508 e. The van der Waals surface area contributed by atoms with Gasteiger partial charge in [-0.25, -0.2) is 4.79 Å². The summed E-state index contributed by atoms with van der Waals surface area (Å²) in [5, 5.41) is 35.7. The van der Waals surface area contributed by atoms with Crippen LogP contribution in [0.5, 0.6) is 5.75 Å². The molecule has 11 heteroatoms. The minimum atomic E-state index is -1.23. The van der Waals surface area contributed by atoms with Crippen LogP contribution >= 0.6 is 0 Å². The van der Waals surface area contributed by atoms with E-state index in [2.05, 4.69) is 16.0 Å². The third-order valence-electron chi connectivity index (χ3n) is 4.91. The van der Waals surface area contributed by atoms with Crippen molar-refractivity contribution >= 4 is 23.7 Å². The van der Waals surface area contributed by atoms with Gasteiger partial charge in [0, 0.05) is 6.42 Å². The van der Waals surface area contributed by atoms with Gasteiger partial charge in [0.2, 0.25) is 17.7 Å². The van der Waals surface area contributed by atoms with Crippen molar-refractivity contribution in [1.82, 2.24) is 16.0 Å². The van der Waals surface area contributed by atoms with E-state index in [4.69, 9.17) is 5.73 Å². The molecule has 5 unspecified atom stereocenters. The summed E-state index contributed by atoms with van der Waals surface area (Å²) in [6, 6.07) is 1.37. The number of benzene rings is 1. The molecule has 3 amide bonds. The van der Waals surface area contributed by atoms with Crippen molar-refractivity contribution in [2.45, 2.75) is 70.8 Å². The molecule has 184 valence electrons. The third kappa shape index (κ3) is 9.46. The van der Waals surface area contributed by atoms with Crippen LogP contribution in [0, 0.1) is 5.92 Å². The van der Waals surface area contributed by atoms with Crippen molar-refractivity contribution in [3.05, 3.63) is 29.8 Å². The fourth-order valence-electron chi connectivity index (χ4n) is 2.93. The standard InChI is InChI=1S/C22H34N4O7/c1-11(2)9-17(22(32)33)26-20(30)16(10-14-5-7-15(28)8-6-14)25-19(29)12(3)24-21(31)18(23)13(4)27/h5-8,11-13,16-18,27-28H,9-10,23H2,1-4H3,(H,24,31)(H,25,29)(H,26,30)(H,32,33). The average molecular weight is 467 g/mol. The van der Waals surface area contributed by atoms with Crippen LogP contribution in [-0.4, -0.2) is 69.3 Å². The van der Waals surface area contributed by atoms with E-state index >= 15 is 0 Å². The summed E-state index contributed by atoms with van der Waals surface area (Å²) < 4.78 is 0. The summed E-state index contributed by atoms with van der Waals surface area (Å²) in [6.45, 7) is 6.36. The molecular weight excluding hydrogens is 432 g/mol. The molecule has 1 rings (SSSR count). The zero-order valence-corrected chi connectivity index (χ0v) is 19.2. The smallest absolute Gasteiger partial charge is 0.326 e. The van der Waals surface area contributed by atoms with E-state index in [9.17, 15) is 34.5 Å². The van der Waals surface area contributed by atoms with Crippen molar-refractivity contribution in [3.63, 3.8) is 0 Å². The quantitative estimate of drug-likeness (QED) is 0.209. The van der Waals surface area contributed by atoms with Gasteiger partial charge in [-0.15, -0.1) is 0 Å². The number of hydrogen-bond donors (Lipinski definition) is 7. The Morgan fingerprint density at radius 1 is 0.879 bits per heavy atom. The third-order valence-corrected chi connectivity index (χ3v) is 4.91. The van der Waals surface area contributed by atoms with Gasteiger partial charge in [-0.05, 0) is 43.9 Å². The van der Waals surface area contributed by atoms with E-state index in [1.165, 1.54) is 26.0 Å². The monoisotopic (exact) mass is 466 g/mol. The summed E-state index contributed by atoms with van der Waals surface area (Å²) in [5.41, 5.74) is 6.17. The Morgan fingerprint density at radius 2 is 1.42 bits per heavy atom. The lowest BCUT2D eigenvalue weighted by molar-refractivity contribution is -0.142. The number of nitrogens with one attached hydrogen (secondary N) is 3. The summed E-state index contributed by atoms with van der Waals surface area (Å²) in [4.78, 5) is 49.1. The molecule has 0 bridgehead atoms. The molecule has 33 heavy (non-hydrogen) atoms. The number of aromatic hydroxyl groups is 1. The second kappa shape index (κ2) is 12.8. The zero-order valence-electron chi connectivity index (χ0n) is 19.2. The van der Waals surface area contributed by atoms with Gasteiger partial charge in [0.1, 0.15) is 29.9 Å². The van der Waals surface area contributed by atoms with Crippen LogP contribution in [0.15, 0.2) is 24.3 Å². The molecule has 0 aliphatic heterocycles. The SMILES string of the molecule is CC(C)CC(NC(=O)C(Cc1ccc(O)cc1)NC(=O)C(C)NC(=O)C(N)C(C)O)C(=O)O. The Kier molecular flexibility index (Phi) is 10.8. The number of rotatable bonds is 12. The van der Waals surface area contributed by atoms with Gasteiger partial charge in [-0.1, -0.05) is 26.0 Å². The number of nitrogens with two attached hydrogens (primary N) is 1. The molecular formula is C22H34N4O7. The number of phenolic OH excluding ortho intramolecular Hbond substituents is 1. The van der Waals surface area contributed by atoms with Crippen LogP contribution in [0.2, 0.25) is 0 Å². The number of aliphatic carboxylic acids is 1. The van der Waals surface area contributed by atoms with E-state index in [-0.39, 0.29) is 24.5 Å². The maximum atomic E-state index is 12.9. The molecule has 0 fully saturated rings. The van der Waals surface area contributed by atoms with Crippen molar-refractivity contribution < 1.29 is 34.5 Å². The van der Waals surface area contributed by atoms with Gasteiger partial charge in [0.25, 0.3) is 0 Å². The number of amides is 3. The zero-order chi connectivity index (χ0) is 25.3. The number of phenols is 1. The molecule has 1 aromatic carbocycles. The first-order valence-corrected chi connectivity index (χ1v) is 10.7. The highest BCUT2D eigenvalue weighted by Crippen LogP contribution is 2.12. The largest absolute Gasteiger partial charge is 0.508 e. The first kappa shape index (κ1) is 27.9. The van der Waals surface area contributed by atoms with Gasteiger partial charge in [-0.3, -0.25) is 14.4 Å². The van der Waals surface area contributed by atoms with Crippen molar-refractivity contribution in [2.75, 3.05) is 0 Å². The van der Waals surface area contributed by atoms with Crippen LogP contribution in [0.25, 0.3) is 0 Å². The highest BCUT2D eigenvalue weighted by molar-refractivity contribution is 5.94. The number of carboxylic acid groups (broad SMARTS) is 1. The van der Waals surface area contributed by atoms with E-state index in [1.54, 1.807) is 12.1 Å². The summed E-state index contributed by atoms with van der Waals surface area (Å²) >= 11 is 0. The first-order valence-electron chi connectivity index (χ1n) is 10.7. The predicted octanol–water partition coefficient (Wildman–Crippen LogP) is -0.752. The summed E-state index contributed by atoms with van der Waals surface area (Å²) in [7, 11) is 0. The van der Waals surface area contributed by atoms with Gasteiger partial charge >= 0.3 is 5.97 Å². The van der Waals surface area contributed by atoms with Crippen molar-refractivity contribution in [2.24, 2.45) is 11.7 Å². The Labute approximate surface area is 192 Å². The molecule has 0 saturated heterocycles. The lowest BCUT2D eigenvalue weighted by Crippen LogP contribution is -2.57. The summed E-state index contributed by atoms with van der Waals surface area (Å²) in [5.74, 6) is -3.31. The Bertz CT molecular complexity index is 827. The maximum absolute atomic E-state index is 12.9. The lowest BCUT2D eigenvalue weighted by Gasteiger charge is -2.24. The normalized spacial score (nSPS) is 15.6. The minimum absolute atomic E-state index is 0.00454. The van der Waals surface area contributed by atoms with Crippen LogP contribution in [-0.2, 0) is 25.6 Å². The highest BCUT2D eigenvalue weighted by Gasteiger charge is 2.29. The first-order chi connectivity index (χ1) is 15.3. The fraction of sp³-hybridized carbons (Fsp3) is 0.545. The number of aliphatic hydroxyl groups excluding tert-OH is 1. The number of aliphatic hydroxyl groups is 1. The van der Waals surface area contributed by atoms with Crippen molar-refractivity contribution in [3.8, 4) is 5.75 Å². The fourth-order valence-corrected chi connectivity index (χ4v) is 2.93. The molecule has 11 nitrogen and oxygen atoms in total. The van der Waals surface area contributed by atoms with E-state index in [0.29, 0.717) is 5.56 Å². The molecule has 1 aromatic rings. The number of carbonyl (C=O) groups is 4. The van der Waals surface area contributed by atoms with E-state index in [0.717, 1.165) is 0 Å². The van der Waals surface area contributed by atoms with Crippen LogP contribution in [0.1, 0.15) is 39.7 Å². The Morgan fingerprint density at radius 3 is 1.91 bits per heavy atom. The molecule has 8 N–H and O–H groups in total. The van der Waals surface area contributed by atoms with Gasteiger partial charge in [0.05, 0.1) is 6.10 Å². The van der Waals surface area contributed by atoms with Gasteiger partial charge in [-0.2, -0.15) is 0 Å². The van der Waals surface area contributed by atoms with Crippen molar-refractivity contribution in [1.29, 1.82) is 0 Å². The maximum Gasteiger partial charge on any atom is 0.326 e. The highest BCUT2D eigenvalue weighted by atomic mass is 16.4. The second-order valence-electron chi connectivity index (χ2n) is 8.46. The summed E-state index contributed by atoms with van der Waals surface area (Å²) in [6.07, 6.45) is -0.910. The van der Waals surface area contributed by atoms with Gasteiger partial charge < -0.3 is 37.0 Å². The topological polar surface area (TPSA) is 191 Å². The van der Waals surface area contributed by atoms with Crippen LogP contribution < -0.4 is 21.7 Å². The number of carbonyl (C=O) groups excluding carboxylic acids is 3. The van der Waals surface area contributed by atoms with E-state index < -0.39 is 54.0 Å². The molecule has 0 aromatic heterocycles.